The molecule has 4 aromatic rings. The van der Waals surface area contributed by atoms with Gasteiger partial charge in [0.2, 0.25) is 12.5 Å². The Morgan fingerprint density at radius 2 is 1.67 bits per heavy atom. The summed E-state index contributed by atoms with van der Waals surface area (Å²) in [4.78, 5) is 25.5. The lowest BCUT2D eigenvalue weighted by molar-refractivity contribution is -0.135. The predicted octanol–water partition coefficient (Wildman–Crippen LogP) is 4.04. The molecule has 0 aliphatic carbocycles. The number of carbonyl (C=O) groups excluding carboxylic acids is 1. The maximum atomic E-state index is 13.0. The second-order valence-corrected chi connectivity index (χ2v) is 7.83. The third-order valence-corrected chi connectivity index (χ3v) is 5.91. The lowest BCUT2D eigenvalue weighted by Gasteiger charge is -2.26. The first-order valence-corrected chi connectivity index (χ1v) is 10.2. The number of fused-ring (bicyclic) bond motifs is 4. The summed E-state index contributed by atoms with van der Waals surface area (Å²) in [7, 11) is 0. The molecule has 0 unspecified atom stereocenters. The van der Waals surface area contributed by atoms with Gasteiger partial charge in [0.15, 0.2) is 28.4 Å². The molecule has 164 valence electrons. The van der Waals surface area contributed by atoms with Crippen molar-refractivity contribution in [3.05, 3.63) is 75.9 Å². The van der Waals surface area contributed by atoms with E-state index in [1.165, 1.54) is 6.07 Å². The third kappa shape index (κ3) is 2.91. The molecule has 2 aliphatic rings. The van der Waals surface area contributed by atoms with E-state index in [9.17, 15) is 19.8 Å². The summed E-state index contributed by atoms with van der Waals surface area (Å²) in [5, 5.41) is 21.0. The van der Waals surface area contributed by atoms with Crippen molar-refractivity contribution in [1.29, 1.82) is 0 Å². The number of phenolic OH excluding ortho intramolecular Hbond substituents is 2. The van der Waals surface area contributed by atoms with Crippen molar-refractivity contribution >= 4 is 16.9 Å². The third-order valence-electron chi connectivity index (χ3n) is 5.91. The molecule has 0 radical (unpaired) electrons. The van der Waals surface area contributed by atoms with E-state index in [1.54, 1.807) is 42.5 Å². The summed E-state index contributed by atoms with van der Waals surface area (Å²) >= 11 is 0. The highest BCUT2D eigenvalue weighted by Crippen LogP contribution is 2.52. The van der Waals surface area contributed by atoms with Crippen molar-refractivity contribution in [1.82, 2.24) is 0 Å². The lowest BCUT2D eigenvalue weighted by Crippen LogP contribution is -2.22. The van der Waals surface area contributed by atoms with Gasteiger partial charge in [0.1, 0.15) is 16.7 Å². The minimum absolute atomic E-state index is 0.0434. The molecular weight excluding hydrogens is 428 g/mol. The van der Waals surface area contributed by atoms with Crippen LogP contribution in [0, 0.1) is 0 Å². The standard InChI is InChI=1S/C25H16O8/c26-15-10-17(12-4-2-1-3-5-12)32-24-20-14(13-6-7-16-18(8-13)31-11-30-16)9-19(27)33-25(20)23(29)22(28)21(15)24/h1-8,10,14,28-29H,9,11H2/t14-/m1/s1. The zero-order chi connectivity index (χ0) is 22.7. The van der Waals surface area contributed by atoms with E-state index in [0.717, 1.165) is 0 Å². The van der Waals surface area contributed by atoms with Gasteiger partial charge in [-0.25, -0.2) is 0 Å². The van der Waals surface area contributed by atoms with Crippen LogP contribution in [0.4, 0.5) is 0 Å². The van der Waals surface area contributed by atoms with E-state index in [4.69, 9.17) is 18.6 Å². The quantitative estimate of drug-likeness (QED) is 0.270. The summed E-state index contributed by atoms with van der Waals surface area (Å²) in [5.41, 5.74) is 1.14. The summed E-state index contributed by atoms with van der Waals surface area (Å²) in [6.45, 7) is 0.0922. The summed E-state index contributed by atoms with van der Waals surface area (Å²) in [6.07, 6.45) is -0.0643. The van der Waals surface area contributed by atoms with Crippen LogP contribution >= 0.6 is 0 Å². The van der Waals surface area contributed by atoms with Gasteiger partial charge in [-0.3, -0.25) is 9.59 Å². The van der Waals surface area contributed by atoms with E-state index >= 15 is 0 Å². The maximum Gasteiger partial charge on any atom is 0.312 e. The Morgan fingerprint density at radius 3 is 2.48 bits per heavy atom. The smallest absolute Gasteiger partial charge is 0.312 e. The van der Waals surface area contributed by atoms with Gasteiger partial charge in [0, 0.05) is 17.5 Å². The van der Waals surface area contributed by atoms with Crippen molar-refractivity contribution in [2.45, 2.75) is 12.3 Å². The summed E-state index contributed by atoms with van der Waals surface area (Å²) in [6, 6.07) is 15.5. The Balaban J connectivity index is 1.66. The van der Waals surface area contributed by atoms with E-state index < -0.39 is 28.8 Å². The number of hydrogen-bond donors (Lipinski definition) is 2. The van der Waals surface area contributed by atoms with E-state index in [0.29, 0.717) is 28.2 Å². The Hall–Kier alpha value is -4.46. The number of rotatable bonds is 2. The zero-order valence-electron chi connectivity index (χ0n) is 17.0. The van der Waals surface area contributed by atoms with Gasteiger partial charge < -0.3 is 28.8 Å². The molecule has 0 saturated carbocycles. The minimum atomic E-state index is -0.698. The molecule has 3 heterocycles. The lowest BCUT2D eigenvalue weighted by atomic mass is 9.84. The van der Waals surface area contributed by atoms with Gasteiger partial charge in [-0.1, -0.05) is 36.4 Å². The average Bonchev–Trinajstić information content (AvgIpc) is 3.30. The largest absolute Gasteiger partial charge is 0.504 e. The Labute approximate surface area is 186 Å². The molecule has 0 bridgehead atoms. The highest BCUT2D eigenvalue weighted by molar-refractivity contribution is 5.96. The molecule has 0 spiro atoms. The maximum absolute atomic E-state index is 13.0. The summed E-state index contributed by atoms with van der Waals surface area (Å²) < 4.78 is 22.3. The number of ether oxygens (including phenoxy) is 3. The number of phenols is 2. The Morgan fingerprint density at radius 1 is 0.879 bits per heavy atom. The molecule has 8 heteroatoms. The van der Waals surface area contributed by atoms with Crippen LogP contribution in [0.1, 0.15) is 23.5 Å². The predicted molar refractivity (Wildman–Crippen MR) is 116 cm³/mol. The molecule has 1 aromatic heterocycles. The normalized spacial score (nSPS) is 16.5. The highest BCUT2D eigenvalue weighted by atomic mass is 16.7. The minimum Gasteiger partial charge on any atom is -0.504 e. The molecule has 3 aromatic carbocycles. The topological polar surface area (TPSA) is 115 Å². The molecule has 0 saturated heterocycles. The van der Waals surface area contributed by atoms with E-state index in [2.05, 4.69) is 0 Å². The van der Waals surface area contributed by atoms with Gasteiger partial charge in [0.25, 0.3) is 0 Å². The van der Waals surface area contributed by atoms with Crippen molar-refractivity contribution < 1.29 is 33.6 Å². The van der Waals surface area contributed by atoms with Crippen molar-refractivity contribution in [3.8, 4) is 40.1 Å². The van der Waals surface area contributed by atoms with Crippen LogP contribution in [0.15, 0.2) is 63.8 Å². The monoisotopic (exact) mass is 444 g/mol. The number of hydrogen-bond acceptors (Lipinski definition) is 8. The molecule has 0 amide bonds. The fourth-order valence-electron chi connectivity index (χ4n) is 4.37. The van der Waals surface area contributed by atoms with Crippen LogP contribution in [0.25, 0.3) is 22.3 Å². The Kier molecular flexibility index (Phi) is 4.10. The highest BCUT2D eigenvalue weighted by Gasteiger charge is 2.37. The van der Waals surface area contributed by atoms with Crippen molar-refractivity contribution in [2.75, 3.05) is 6.79 Å². The van der Waals surface area contributed by atoms with Gasteiger partial charge in [-0.15, -0.1) is 0 Å². The van der Waals surface area contributed by atoms with Crippen LogP contribution in [-0.2, 0) is 4.79 Å². The SMILES string of the molecule is O=C1C[C@H](c2ccc3c(c2)OCO3)c2c(c(O)c(O)c3c(=O)cc(-c4ccccc4)oc23)O1. The molecule has 2 aliphatic heterocycles. The molecule has 6 rings (SSSR count). The first-order valence-electron chi connectivity index (χ1n) is 10.2. The number of benzene rings is 3. The fraction of sp³-hybridized carbons (Fsp3) is 0.120. The first kappa shape index (κ1) is 19.2. The molecular formula is C25H16O8. The average molecular weight is 444 g/mol. The van der Waals surface area contributed by atoms with Crippen molar-refractivity contribution in [2.24, 2.45) is 0 Å². The van der Waals surface area contributed by atoms with Crippen LogP contribution in [0.2, 0.25) is 0 Å². The van der Waals surface area contributed by atoms with Gasteiger partial charge in [0.05, 0.1) is 12.0 Å². The molecule has 1 atom stereocenters. The number of carbonyl (C=O) groups is 1. The fourth-order valence-corrected chi connectivity index (χ4v) is 4.37. The van der Waals surface area contributed by atoms with Crippen LogP contribution in [-0.4, -0.2) is 23.0 Å². The van der Waals surface area contributed by atoms with Gasteiger partial charge >= 0.3 is 5.97 Å². The number of esters is 1. The van der Waals surface area contributed by atoms with Crippen LogP contribution in [0.3, 0.4) is 0 Å². The summed E-state index contributed by atoms with van der Waals surface area (Å²) in [5.74, 6) is -1.46. The molecule has 2 N–H and O–H groups in total. The molecule has 8 nitrogen and oxygen atoms in total. The van der Waals surface area contributed by atoms with Crippen molar-refractivity contribution in [3.63, 3.8) is 0 Å². The van der Waals surface area contributed by atoms with Gasteiger partial charge in [-0.05, 0) is 17.7 Å². The van der Waals surface area contributed by atoms with E-state index in [-0.39, 0.29) is 35.7 Å². The second-order valence-electron chi connectivity index (χ2n) is 7.83. The van der Waals surface area contributed by atoms with Gasteiger partial charge in [-0.2, -0.15) is 0 Å². The zero-order valence-corrected chi connectivity index (χ0v) is 17.0. The van der Waals surface area contributed by atoms with E-state index in [1.807, 2.05) is 6.07 Å². The van der Waals surface area contributed by atoms with Crippen LogP contribution < -0.4 is 19.6 Å². The first-order chi connectivity index (χ1) is 16.0. The van der Waals surface area contributed by atoms with Crippen LogP contribution in [0.5, 0.6) is 28.7 Å². The molecule has 33 heavy (non-hydrogen) atoms. The Bertz CT molecular complexity index is 1500. The molecule has 0 fully saturated rings. The number of aromatic hydroxyl groups is 2. The second kappa shape index (κ2) is 7.03.